The van der Waals surface area contributed by atoms with E-state index in [4.69, 9.17) is 15.8 Å². The van der Waals surface area contributed by atoms with E-state index in [0.717, 1.165) is 0 Å². The van der Waals surface area contributed by atoms with Crippen molar-refractivity contribution in [3.8, 4) is 0 Å². The first kappa shape index (κ1) is 10.4. The quantitative estimate of drug-likeness (QED) is 0.409. The molecule has 0 aliphatic carbocycles. The minimum atomic E-state index is -1.50. The molecule has 1 atom stereocenters. The molecule has 1 unspecified atom stereocenters. The van der Waals surface area contributed by atoms with Gasteiger partial charge in [0.05, 0.1) is 12.5 Å². The Morgan fingerprint density at radius 1 is 1.73 bits per heavy atom. The summed E-state index contributed by atoms with van der Waals surface area (Å²) in [5.41, 5.74) is 5.26. The van der Waals surface area contributed by atoms with Crippen LogP contribution in [0.4, 0.5) is 0 Å². The molecule has 0 saturated heterocycles. The van der Waals surface area contributed by atoms with Crippen molar-refractivity contribution in [2.45, 2.75) is 13.0 Å². The molecule has 0 heterocycles. The summed E-state index contributed by atoms with van der Waals surface area (Å²) in [5, 5.41) is 16.9. The Kier molecular flexibility index (Phi) is 4.10. The van der Waals surface area contributed by atoms with E-state index in [1.807, 2.05) is 0 Å². The Hall–Kier alpha value is -0.585. The van der Waals surface area contributed by atoms with Crippen molar-refractivity contribution in [3.05, 3.63) is 0 Å². The van der Waals surface area contributed by atoms with Gasteiger partial charge in [-0.2, -0.15) is 0 Å². The molecule has 0 aromatic carbocycles. The molecule has 4 N–H and O–H groups in total. The van der Waals surface area contributed by atoms with E-state index in [2.05, 4.69) is 0 Å². The van der Waals surface area contributed by atoms with Crippen molar-refractivity contribution in [2.24, 2.45) is 5.73 Å². The molecule has 0 bridgehead atoms. The third kappa shape index (κ3) is 3.97. The SMILES string of the molecule is CC(N)C(=O)N(C)CB(O)O. The summed E-state index contributed by atoms with van der Waals surface area (Å²) in [6, 6.07) is -0.598. The average molecular weight is 160 g/mol. The number of amides is 1. The standard InChI is InChI=1S/C5H13BN2O3/c1-4(7)5(9)8(2)3-6(10)11/h4,10-11H,3,7H2,1-2H3. The van der Waals surface area contributed by atoms with Crippen LogP contribution in [-0.2, 0) is 4.79 Å². The highest BCUT2D eigenvalue weighted by atomic mass is 16.4. The van der Waals surface area contributed by atoms with Gasteiger partial charge < -0.3 is 20.7 Å². The number of carbonyl (C=O) groups excluding carboxylic acids is 1. The highest BCUT2D eigenvalue weighted by molar-refractivity contribution is 6.41. The second-order valence-corrected chi connectivity index (χ2v) is 2.49. The third-order valence-electron chi connectivity index (χ3n) is 1.20. The molecule has 0 aromatic heterocycles. The molecular formula is C5H13BN2O3. The summed E-state index contributed by atoms with van der Waals surface area (Å²) >= 11 is 0. The van der Waals surface area contributed by atoms with Crippen LogP contribution < -0.4 is 5.73 Å². The number of rotatable bonds is 3. The molecule has 5 nitrogen and oxygen atoms in total. The van der Waals surface area contributed by atoms with Crippen LogP contribution >= 0.6 is 0 Å². The minimum absolute atomic E-state index is 0.111. The second-order valence-electron chi connectivity index (χ2n) is 2.49. The van der Waals surface area contributed by atoms with Crippen molar-refractivity contribution in [1.82, 2.24) is 4.90 Å². The van der Waals surface area contributed by atoms with E-state index in [1.165, 1.54) is 11.9 Å². The fourth-order valence-corrected chi connectivity index (χ4v) is 0.683. The first-order valence-electron chi connectivity index (χ1n) is 3.32. The molecular weight excluding hydrogens is 147 g/mol. The van der Waals surface area contributed by atoms with Gasteiger partial charge >= 0.3 is 7.12 Å². The Morgan fingerprint density at radius 2 is 2.18 bits per heavy atom. The van der Waals surface area contributed by atoms with Gasteiger partial charge in [-0.25, -0.2) is 0 Å². The monoisotopic (exact) mass is 160 g/mol. The first-order valence-corrected chi connectivity index (χ1v) is 3.32. The molecule has 64 valence electrons. The van der Waals surface area contributed by atoms with Crippen LogP contribution in [0.2, 0.25) is 0 Å². The second kappa shape index (κ2) is 4.33. The molecule has 6 heteroatoms. The van der Waals surface area contributed by atoms with E-state index in [1.54, 1.807) is 6.92 Å². The lowest BCUT2D eigenvalue weighted by Crippen LogP contribution is -2.44. The van der Waals surface area contributed by atoms with Gasteiger partial charge in [0.25, 0.3) is 0 Å². The fraction of sp³-hybridized carbons (Fsp3) is 0.800. The predicted molar refractivity (Wildman–Crippen MR) is 41.5 cm³/mol. The van der Waals surface area contributed by atoms with Crippen LogP contribution in [0.15, 0.2) is 0 Å². The molecule has 0 rings (SSSR count). The van der Waals surface area contributed by atoms with Gasteiger partial charge in [-0.05, 0) is 6.92 Å². The van der Waals surface area contributed by atoms with Crippen molar-refractivity contribution in [2.75, 3.05) is 13.5 Å². The Bertz CT molecular complexity index is 140. The van der Waals surface area contributed by atoms with Crippen LogP contribution in [0.25, 0.3) is 0 Å². The van der Waals surface area contributed by atoms with E-state index in [9.17, 15) is 4.79 Å². The van der Waals surface area contributed by atoms with E-state index < -0.39 is 13.2 Å². The minimum Gasteiger partial charge on any atom is -0.426 e. The molecule has 0 spiro atoms. The predicted octanol–water partition coefficient (Wildman–Crippen LogP) is -2.20. The maximum absolute atomic E-state index is 11.0. The number of nitrogens with two attached hydrogens (primary N) is 1. The van der Waals surface area contributed by atoms with Gasteiger partial charge in [-0.1, -0.05) is 0 Å². The maximum Gasteiger partial charge on any atom is 0.472 e. The summed E-state index contributed by atoms with van der Waals surface area (Å²) in [5.74, 6) is -0.307. The summed E-state index contributed by atoms with van der Waals surface area (Å²) in [6.07, 6.45) is -0.111. The van der Waals surface area contributed by atoms with Crippen LogP contribution in [0.3, 0.4) is 0 Å². The zero-order valence-electron chi connectivity index (χ0n) is 6.69. The highest BCUT2D eigenvalue weighted by Gasteiger charge is 2.18. The normalized spacial score (nSPS) is 12.5. The zero-order valence-corrected chi connectivity index (χ0v) is 6.69. The molecule has 0 aliphatic heterocycles. The van der Waals surface area contributed by atoms with E-state index in [0.29, 0.717) is 0 Å². The molecule has 0 fully saturated rings. The Balaban J connectivity index is 3.83. The highest BCUT2D eigenvalue weighted by Crippen LogP contribution is 1.88. The summed E-state index contributed by atoms with van der Waals surface area (Å²) in [4.78, 5) is 12.1. The fourth-order valence-electron chi connectivity index (χ4n) is 0.683. The number of hydrogen-bond acceptors (Lipinski definition) is 4. The van der Waals surface area contributed by atoms with Crippen molar-refractivity contribution in [1.29, 1.82) is 0 Å². The Morgan fingerprint density at radius 3 is 2.45 bits per heavy atom. The van der Waals surface area contributed by atoms with Gasteiger partial charge in [0.1, 0.15) is 0 Å². The van der Waals surface area contributed by atoms with Crippen LogP contribution in [0.1, 0.15) is 6.92 Å². The third-order valence-corrected chi connectivity index (χ3v) is 1.20. The molecule has 11 heavy (non-hydrogen) atoms. The number of likely N-dealkylation sites (N-methyl/N-ethyl adjacent to an activating group) is 1. The summed E-state index contributed by atoms with van der Waals surface area (Å²) in [6.45, 7) is 1.54. The van der Waals surface area contributed by atoms with Crippen LogP contribution in [-0.4, -0.2) is 47.5 Å². The van der Waals surface area contributed by atoms with Gasteiger partial charge in [0.15, 0.2) is 0 Å². The van der Waals surface area contributed by atoms with Crippen molar-refractivity contribution < 1.29 is 14.8 Å². The van der Waals surface area contributed by atoms with Gasteiger partial charge in [0.2, 0.25) is 5.91 Å². The summed E-state index contributed by atoms with van der Waals surface area (Å²) < 4.78 is 0. The van der Waals surface area contributed by atoms with Crippen molar-refractivity contribution in [3.63, 3.8) is 0 Å². The molecule has 0 saturated carbocycles. The largest absolute Gasteiger partial charge is 0.472 e. The summed E-state index contributed by atoms with van der Waals surface area (Å²) in [7, 11) is -0.0341. The number of nitrogens with zero attached hydrogens (tertiary/aromatic N) is 1. The lowest BCUT2D eigenvalue weighted by atomic mass is 9.91. The number of carbonyl (C=O) groups is 1. The molecule has 0 aliphatic rings. The van der Waals surface area contributed by atoms with E-state index in [-0.39, 0.29) is 12.4 Å². The zero-order chi connectivity index (χ0) is 9.02. The number of hydrogen-bond donors (Lipinski definition) is 3. The van der Waals surface area contributed by atoms with Gasteiger partial charge in [-0.15, -0.1) is 0 Å². The average Bonchev–Trinajstić information content (AvgIpc) is 1.84. The maximum atomic E-state index is 11.0. The van der Waals surface area contributed by atoms with Crippen LogP contribution in [0, 0.1) is 0 Å². The molecule has 0 aromatic rings. The van der Waals surface area contributed by atoms with Gasteiger partial charge in [0, 0.05) is 7.05 Å². The van der Waals surface area contributed by atoms with Crippen molar-refractivity contribution >= 4 is 13.0 Å². The van der Waals surface area contributed by atoms with Gasteiger partial charge in [-0.3, -0.25) is 4.79 Å². The lowest BCUT2D eigenvalue weighted by molar-refractivity contribution is -0.130. The Labute approximate surface area is 65.9 Å². The first-order chi connectivity index (χ1) is 4.95. The lowest BCUT2D eigenvalue weighted by Gasteiger charge is -2.18. The van der Waals surface area contributed by atoms with E-state index >= 15 is 0 Å². The smallest absolute Gasteiger partial charge is 0.426 e. The molecule has 1 amide bonds. The topological polar surface area (TPSA) is 86.8 Å². The molecule has 0 radical (unpaired) electrons. The van der Waals surface area contributed by atoms with Crippen LogP contribution in [0.5, 0.6) is 0 Å².